The van der Waals surface area contributed by atoms with Crippen LogP contribution in [0.5, 0.6) is 11.5 Å². The Balaban J connectivity index is 1.50. The smallest absolute Gasteiger partial charge is 0.309 e. The van der Waals surface area contributed by atoms with Crippen molar-refractivity contribution in [3.63, 3.8) is 0 Å². The lowest BCUT2D eigenvalue weighted by atomic mass is 9.96. The van der Waals surface area contributed by atoms with E-state index in [1.807, 2.05) is 19.1 Å². The summed E-state index contributed by atoms with van der Waals surface area (Å²) in [6.45, 7) is 8.37. The highest BCUT2D eigenvalue weighted by Crippen LogP contribution is 2.40. The summed E-state index contributed by atoms with van der Waals surface area (Å²) in [5.74, 6) is 0.842. The Labute approximate surface area is 194 Å². The van der Waals surface area contributed by atoms with Crippen molar-refractivity contribution in [2.75, 3.05) is 19.7 Å². The summed E-state index contributed by atoms with van der Waals surface area (Å²) < 4.78 is 11.1. The number of ketones is 1. The van der Waals surface area contributed by atoms with Crippen LogP contribution in [0.3, 0.4) is 0 Å². The van der Waals surface area contributed by atoms with Crippen LogP contribution in [-0.4, -0.2) is 41.5 Å². The number of carbonyl (C=O) groups excluding carboxylic acids is 2. The van der Waals surface area contributed by atoms with Crippen molar-refractivity contribution in [2.45, 2.75) is 46.1 Å². The van der Waals surface area contributed by atoms with Gasteiger partial charge in [-0.25, -0.2) is 0 Å². The maximum Gasteiger partial charge on any atom is 0.309 e. The maximum atomic E-state index is 13.0. The summed E-state index contributed by atoms with van der Waals surface area (Å²) in [6.07, 6.45) is 3.18. The van der Waals surface area contributed by atoms with Crippen LogP contribution in [0.25, 0.3) is 6.08 Å². The molecule has 0 atom stereocenters. The Morgan fingerprint density at radius 1 is 1.18 bits per heavy atom. The number of Topliss-reactive ketones (excluding diaryl/α,β-unsaturated/α-hetero) is 1. The molecule has 33 heavy (non-hydrogen) atoms. The molecule has 6 heteroatoms. The number of allylic oxidation sites excluding steroid dienone is 1. The molecule has 2 aliphatic rings. The van der Waals surface area contributed by atoms with Gasteiger partial charge in [-0.15, -0.1) is 0 Å². The van der Waals surface area contributed by atoms with Gasteiger partial charge in [0.1, 0.15) is 11.5 Å². The van der Waals surface area contributed by atoms with E-state index in [9.17, 15) is 14.7 Å². The van der Waals surface area contributed by atoms with Crippen LogP contribution < -0.4 is 4.74 Å². The van der Waals surface area contributed by atoms with E-state index in [2.05, 4.69) is 30.9 Å². The van der Waals surface area contributed by atoms with Gasteiger partial charge >= 0.3 is 5.97 Å². The van der Waals surface area contributed by atoms with E-state index in [1.165, 1.54) is 5.56 Å². The Bertz CT molecular complexity index is 1060. The van der Waals surface area contributed by atoms with Crippen LogP contribution in [0.2, 0.25) is 0 Å². The Kier molecular flexibility index (Phi) is 6.84. The molecule has 6 nitrogen and oxygen atoms in total. The molecule has 4 rings (SSSR count). The molecular weight excluding hydrogens is 418 g/mol. The number of rotatable bonds is 6. The van der Waals surface area contributed by atoms with Gasteiger partial charge in [-0.1, -0.05) is 38.1 Å². The fourth-order valence-electron chi connectivity index (χ4n) is 4.39. The van der Waals surface area contributed by atoms with Crippen molar-refractivity contribution >= 4 is 17.8 Å². The number of carbonyl (C=O) groups is 2. The number of hydrogen-bond acceptors (Lipinski definition) is 6. The standard InChI is InChI=1S/C27H31NO5/c1-4-32-27(31)20-11-13-28(14-12-20)16-22-23(29)10-9-21-25(30)24(33-26(21)22)15-18-5-7-19(8-6-18)17(2)3/h5-10,15,17,20,29H,4,11-14,16H2,1-3H3/b24-15+. The molecule has 1 saturated heterocycles. The minimum atomic E-state index is -0.180. The zero-order valence-corrected chi connectivity index (χ0v) is 19.5. The lowest BCUT2D eigenvalue weighted by Gasteiger charge is -2.31. The Morgan fingerprint density at radius 2 is 1.88 bits per heavy atom. The van der Waals surface area contributed by atoms with Gasteiger partial charge in [0.2, 0.25) is 5.78 Å². The van der Waals surface area contributed by atoms with E-state index >= 15 is 0 Å². The van der Waals surface area contributed by atoms with Gasteiger partial charge in [0.25, 0.3) is 0 Å². The molecule has 0 radical (unpaired) electrons. The van der Waals surface area contributed by atoms with Gasteiger partial charge in [-0.2, -0.15) is 0 Å². The average Bonchev–Trinajstić information content (AvgIpc) is 3.12. The first-order valence-electron chi connectivity index (χ1n) is 11.7. The van der Waals surface area contributed by atoms with Crippen LogP contribution in [-0.2, 0) is 16.1 Å². The minimum Gasteiger partial charge on any atom is -0.507 e. The fraction of sp³-hybridized carbons (Fsp3) is 0.407. The second-order valence-electron chi connectivity index (χ2n) is 9.00. The number of likely N-dealkylation sites (tertiary alicyclic amines) is 1. The first-order valence-corrected chi connectivity index (χ1v) is 11.7. The van der Waals surface area contributed by atoms with Crippen LogP contribution in [0.15, 0.2) is 42.2 Å². The summed E-state index contributed by atoms with van der Waals surface area (Å²) in [6, 6.07) is 11.2. The lowest BCUT2D eigenvalue weighted by Crippen LogP contribution is -2.36. The minimum absolute atomic E-state index is 0.0780. The molecule has 0 unspecified atom stereocenters. The van der Waals surface area contributed by atoms with Gasteiger partial charge in [-0.05, 0) is 68.1 Å². The van der Waals surface area contributed by atoms with E-state index in [-0.39, 0.29) is 29.2 Å². The summed E-state index contributed by atoms with van der Waals surface area (Å²) >= 11 is 0. The molecule has 0 amide bonds. The molecule has 0 saturated carbocycles. The molecule has 174 valence electrons. The number of hydrogen-bond donors (Lipinski definition) is 1. The second kappa shape index (κ2) is 9.79. The number of nitrogens with zero attached hydrogens (tertiary/aromatic N) is 1. The normalized spacial score (nSPS) is 17.9. The largest absolute Gasteiger partial charge is 0.507 e. The fourth-order valence-corrected chi connectivity index (χ4v) is 4.39. The summed E-state index contributed by atoms with van der Waals surface area (Å²) in [5, 5.41) is 10.5. The van der Waals surface area contributed by atoms with E-state index in [4.69, 9.17) is 9.47 Å². The van der Waals surface area contributed by atoms with Crippen molar-refractivity contribution in [1.29, 1.82) is 0 Å². The highest BCUT2D eigenvalue weighted by Gasteiger charge is 2.33. The molecule has 2 heterocycles. The van der Waals surface area contributed by atoms with Crippen molar-refractivity contribution in [1.82, 2.24) is 4.90 Å². The summed E-state index contributed by atoms with van der Waals surface area (Å²) in [7, 11) is 0. The maximum absolute atomic E-state index is 13.0. The van der Waals surface area contributed by atoms with Crippen LogP contribution in [0, 0.1) is 5.92 Å². The third kappa shape index (κ3) is 4.96. The van der Waals surface area contributed by atoms with Gasteiger partial charge in [-0.3, -0.25) is 14.5 Å². The van der Waals surface area contributed by atoms with E-state index in [0.717, 1.165) is 5.56 Å². The number of fused-ring (bicyclic) bond motifs is 1. The number of piperidine rings is 1. The molecule has 0 spiro atoms. The molecule has 1 N–H and O–H groups in total. The molecule has 2 aromatic rings. The molecule has 2 aromatic carbocycles. The second-order valence-corrected chi connectivity index (χ2v) is 9.00. The van der Waals surface area contributed by atoms with Crippen LogP contribution in [0.1, 0.15) is 66.6 Å². The summed E-state index contributed by atoms with van der Waals surface area (Å²) in [4.78, 5) is 27.1. The molecule has 1 fully saturated rings. The number of ether oxygens (including phenoxy) is 2. The predicted octanol–water partition coefficient (Wildman–Crippen LogP) is 4.91. The monoisotopic (exact) mass is 449 g/mol. The van der Waals surface area contributed by atoms with Gasteiger partial charge < -0.3 is 14.6 Å². The SMILES string of the molecule is CCOC(=O)C1CCN(Cc2c(O)ccc3c2O/C(=C/c2ccc(C(C)C)cc2)C3=O)CC1. The predicted molar refractivity (Wildman–Crippen MR) is 126 cm³/mol. The Morgan fingerprint density at radius 3 is 2.52 bits per heavy atom. The molecular formula is C27H31NO5. The zero-order chi connectivity index (χ0) is 23.5. The lowest BCUT2D eigenvalue weighted by molar-refractivity contribution is -0.149. The van der Waals surface area contributed by atoms with Crippen molar-refractivity contribution in [2.24, 2.45) is 5.92 Å². The van der Waals surface area contributed by atoms with E-state index in [1.54, 1.807) is 18.2 Å². The quantitative estimate of drug-likeness (QED) is 0.499. The highest BCUT2D eigenvalue weighted by atomic mass is 16.5. The van der Waals surface area contributed by atoms with Crippen LogP contribution in [0.4, 0.5) is 0 Å². The van der Waals surface area contributed by atoms with Crippen molar-refractivity contribution < 1.29 is 24.2 Å². The van der Waals surface area contributed by atoms with Gasteiger partial charge in [0.15, 0.2) is 5.76 Å². The van der Waals surface area contributed by atoms with Gasteiger partial charge in [0, 0.05) is 6.54 Å². The average molecular weight is 450 g/mol. The molecule has 0 aliphatic carbocycles. The first-order chi connectivity index (χ1) is 15.9. The van der Waals surface area contributed by atoms with Gasteiger partial charge in [0.05, 0.1) is 23.7 Å². The van der Waals surface area contributed by atoms with Crippen LogP contribution >= 0.6 is 0 Å². The van der Waals surface area contributed by atoms with Crippen molar-refractivity contribution in [3.05, 3.63) is 64.4 Å². The number of benzene rings is 2. The summed E-state index contributed by atoms with van der Waals surface area (Å²) in [5.41, 5.74) is 3.20. The molecule has 0 aromatic heterocycles. The van der Waals surface area contributed by atoms with E-state index < -0.39 is 0 Å². The number of phenols is 1. The number of phenolic OH excluding ortho intramolecular Hbond substituents is 1. The first kappa shape index (κ1) is 23.1. The Hall–Kier alpha value is -3.12. The number of esters is 1. The highest BCUT2D eigenvalue weighted by molar-refractivity contribution is 6.15. The third-order valence-electron chi connectivity index (χ3n) is 6.41. The topological polar surface area (TPSA) is 76.1 Å². The van der Waals surface area contributed by atoms with E-state index in [0.29, 0.717) is 61.9 Å². The molecule has 0 bridgehead atoms. The number of aromatic hydroxyl groups is 1. The zero-order valence-electron chi connectivity index (χ0n) is 19.5. The third-order valence-corrected chi connectivity index (χ3v) is 6.41. The molecule has 2 aliphatic heterocycles. The van der Waals surface area contributed by atoms with Crippen molar-refractivity contribution in [3.8, 4) is 11.5 Å².